The maximum Gasteiger partial charge on any atom is 0.178 e. The number of rotatable bonds is 3. The van der Waals surface area contributed by atoms with Crippen LogP contribution in [0.2, 0.25) is 0 Å². The van der Waals surface area contributed by atoms with Crippen LogP contribution in [0.15, 0.2) is 12.1 Å². The van der Waals surface area contributed by atoms with Gasteiger partial charge in [-0.05, 0) is 37.9 Å². The van der Waals surface area contributed by atoms with Crippen LogP contribution in [-0.4, -0.2) is 16.7 Å². The summed E-state index contributed by atoms with van der Waals surface area (Å²) in [5.74, 6) is 0.576. The van der Waals surface area contributed by atoms with Crippen LogP contribution >= 0.6 is 12.2 Å². The second-order valence-electron chi connectivity index (χ2n) is 4.88. The molecule has 1 aliphatic carbocycles. The van der Waals surface area contributed by atoms with Crippen molar-refractivity contribution in [1.82, 2.24) is 9.55 Å². The predicted molar refractivity (Wildman–Crippen MR) is 71.1 cm³/mol. The first-order chi connectivity index (χ1) is 8.61. The van der Waals surface area contributed by atoms with Crippen LogP contribution in [0, 0.1) is 16.5 Å². The molecule has 5 heteroatoms. The quantitative estimate of drug-likeness (QED) is 0.856. The van der Waals surface area contributed by atoms with Gasteiger partial charge in [-0.2, -0.15) is 0 Å². The van der Waals surface area contributed by atoms with E-state index in [0.29, 0.717) is 16.7 Å². The molecule has 0 bridgehead atoms. The van der Waals surface area contributed by atoms with Crippen LogP contribution in [0.3, 0.4) is 0 Å². The number of aromatic amines is 1. The Kier molecular flexibility index (Phi) is 2.66. The average molecular weight is 266 g/mol. The fraction of sp³-hybridized carbons (Fsp3) is 0.462. The minimum Gasteiger partial charge on any atom is -0.494 e. The van der Waals surface area contributed by atoms with E-state index in [-0.39, 0.29) is 11.6 Å². The zero-order valence-electron chi connectivity index (χ0n) is 10.4. The Morgan fingerprint density at radius 3 is 2.83 bits per heavy atom. The molecule has 1 atom stereocenters. The van der Waals surface area contributed by atoms with E-state index >= 15 is 0 Å². The van der Waals surface area contributed by atoms with Crippen molar-refractivity contribution < 1.29 is 9.13 Å². The molecule has 2 aromatic rings. The zero-order valence-corrected chi connectivity index (χ0v) is 11.2. The van der Waals surface area contributed by atoms with Crippen LogP contribution < -0.4 is 4.74 Å². The lowest BCUT2D eigenvalue weighted by Crippen LogP contribution is -2.07. The number of fused-ring (bicyclic) bond motifs is 1. The number of halogens is 1. The molecular formula is C13H15FN2OS. The van der Waals surface area contributed by atoms with E-state index in [1.54, 1.807) is 6.07 Å². The number of nitrogens with one attached hydrogen (secondary N) is 1. The van der Waals surface area contributed by atoms with Gasteiger partial charge in [0.2, 0.25) is 0 Å². The summed E-state index contributed by atoms with van der Waals surface area (Å²) in [6.45, 7) is 2.16. The molecule has 96 valence electrons. The minimum atomic E-state index is -0.368. The number of nitrogens with zero attached hydrogens (tertiary/aromatic N) is 1. The summed E-state index contributed by atoms with van der Waals surface area (Å²) in [6.07, 6.45) is 2.49. The number of imidazole rings is 1. The lowest BCUT2D eigenvalue weighted by Gasteiger charge is -2.13. The van der Waals surface area contributed by atoms with E-state index in [1.165, 1.54) is 26.0 Å². The van der Waals surface area contributed by atoms with Gasteiger partial charge < -0.3 is 14.3 Å². The molecule has 1 aromatic heterocycles. The normalized spacial score (nSPS) is 17.1. The Bertz CT molecular complexity index is 657. The fourth-order valence-electron chi connectivity index (χ4n) is 2.48. The van der Waals surface area contributed by atoms with Gasteiger partial charge >= 0.3 is 0 Å². The third-order valence-electron chi connectivity index (χ3n) is 3.70. The molecule has 1 N–H and O–H groups in total. The van der Waals surface area contributed by atoms with Crippen LogP contribution in [-0.2, 0) is 0 Å². The zero-order chi connectivity index (χ0) is 12.9. The van der Waals surface area contributed by atoms with Gasteiger partial charge in [0.1, 0.15) is 0 Å². The molecule has 0 aliphatic heterocycles. The van der Waals surface area contributed by atoms with Crippen molar-refractivity contribution in [3.8, 4) is 5.75 Å². The van der Waals surface area contributed by atoms with E-state index in [4.69, 9.17) is 17.0 Å². The van der Waals surface area contributed by atoms with Gasteiger partial charge in [-0.15, -0.1) is 0 Å². The van der Waals surface area contributed by atoms with Gasteiger partial charge in [-0.1, -0.05) is 0 Å². The van der Waals surface area contributed by atoms with E-state index in [2.05, 4.69) is 16.5 Å². The van der Waals surface area contributed by atoms with Crippen molar-refractivity contribution in [2.45, 2.75) is 25.8 Å². The molecule has 3 rings (SSSR count). The summed E-state index contributed by atoms with van der Waals surface area (Å²) in [5, 5.41) is 0. The SMILES string of the molecule is COc1cc2c(cc1F)[nH]c(=S)n2C(C)C1CC1. The van der Waals surface area contributed by atoms with Crippen LogP contribution in [0.5, 0.6) is 5.75 Å². The molecule has 1 aromatic carbocycles. The van der Waals surface area contributed by atoms with Crippen molar-refractivity contribution in [2.75, 3.05) is 7.11 Å². The third-order valence-corrected chi connectivity index (χ3v) is 4.00. The first-order valence-corrected chi connectivity index (χ1v) is 6.50. The van der Waals surface area contributed by atoms with Crippen LogP contribution in [0.1, 0.15) is 25.8 Å². The Morgan fingerprint density at radius 1 is 1.50 bits per heavy atom. The van der Waals surface area contributed by atoms with E-state index in [0.717, 1.165) is 11.0 Å². The largest absolute Gasteiger partial charge is 0.494 e. The van der Waals surface area contributed by atoms with Gasteiger partial charge in [-0.25, -0.2) is 4.39 Å². The molecule has 3 nitrogen and oxygen atoms in total. The molecule has 1 saturated carbocycles. The van der Waals surface area contributed by atoms with Crippen molar-refractivity contribution in [1.29, 1.82) is 0 Å². The molecule has 1 aliphatic rings. The highest BCUT2D eigenvalue weighted by molar-refractivity contribution is 7.71. The van der Waals surface area contributed by atoms with Gasteiger partial charge in [-0.3, -0.25) is 0 Å². The van der Waals surface area contributed by atoms with Crippen molar-refractivity contribution in [2.24, 2.45) is 5.92 Å². The van der Waals surface area contributed by atoms with E-state index in [1.807, 2.05) is 0 Å². The number of ether oxygens (including phenoxy) is 1. The summed E-state index contributed by atoms with van der Waals surface area (Å²) in [7, 11) is 1.47. The first-order valence-electron chi connectivity index (χ1n) is 6.09. The van der Waals surface area contributed by atoms with E-state index in [9.17, 15) is 4.39 Å². The van der Waals surface area contributed by atoms with Gasteiger partial charge in [0.25, 0.3) is 0 Å². The topological polar surface area (TPSA) is 29.9 Å². The molecule has 1 fully saturated rings. The molecule has 0 spiro atoms. The monoisotopic (exact) mass is 266 g/mol. The Hall–Kier alpha value is -1.36. The number of benzene rings is 1. The maximum atomic E-state index is 13.6. The molecule has 0 saturated heterocycles. The Balaban J connectivity index is 2.23. The number of hydrogen-bond donors (Lipinski definition) is 1. The lowest BCUT2D eigenvalue weighted by atomic mass is 10.2. The van der Waals surface area contributed by atoms with Crippen LogP contribution in [0.25, 0.3) is 11.0 Å². The molecule has 0 amide bonds. The number of H-pyrrole nitrogens is 1. The molecular weight excluding hydrogens is 251 g/mol. The van der Waals surface area contributed by atoms with Gasteiger partial charge in [0, 0.05) is 18.2 Å². The Morgan fingerprint density at radius 2 is 2.22 bits per heavy atom. The minimum absolute atomic E-state index is 0.258. The standard InChI is InChI=1S/C13H15FN2OS/c1-7(8-3-4-8)16-11-6-12(17-2)9(14)5-10(11)15-13(16)18/h5-8H,3-4H2,1-2H3,(H,15,18). The lowest BCUT2D eigenvalue weighted by molar-refractivity contribution is 0.387. The second-order valence-corrected chi connectivity index (χ2v) is 5.27. The maximum absolute atomic E-state index is 13.6. The number of aromatic nitrogens is 2. The fourth-order valence-corrected chi connectivity index (χ4v) is 2.85. The second kappa shape index (κ2) is 4.09. The van der Waals surface area contributed by atoms with Crippen molar-refractivity contribution in [3.05, 3.63) is 22.7 Å². The van der Waals surface area contributed by atoms with Gasteiger partial charge in [0.15, 0.2) is 16.3 Å². The highest BCUT2D eigenvalue weighted by atomic mass is 32.1. The summed E-state index contributed by atoms with van der Waals surface area (Å²) in [5.41, 5.74) is 1.64. The van der Waals surface area contributed by atoms with Crippen molar-refractivity contribution >= 4 is 23.3 Å². The summed E-state index contributed by atoms with van der Waals surface area (Å²) >= 11 is 5.34. The highest BCUT2D eigenvalue weighted by Crippen LogP contribution is 2.41. The highest BCUT2D eigenvalue weighted by Gasteiger charge is 2.30. The smallest absolute Gasteiger partial charge is 0.178 e. The summed E-state index contributed by atoms with van der Waals surface area (Å²) in [4.78, 5) is 3.06. The van der Waals surface area contributed by atoms with Crippen LogP contribution in [0.4, 0.5) is 4.39 Å². The molecule has 1 unspecified atom stereocenters. The molecule has 0 radical (unpaired) electrons. The molecule has 18 heavy (non-hydrogen) atoms. The predicted octanol–water partition coefficient (Wildman–Crippen LogP) is 3.82. The average Bonchev–Trinajstić information content (AvgIpc) is 3.11. The summed E-state index contributed by atoms with van der Waals surface area (Å²) < 4.78 is 21.4. The van der Waals surface area contributed by atoms with Gasteiger partial charge in [0.05, 0.1) is 18.1 Å². The number of methoxy groups -OCH3 is 1. The third kappa shape index (κ3) is 1.73. The number of hydrogen-bond acceptors (Lipinski definition) is 2. The molecule has 1 heterocycles. The first kappa shape index (κ1) is 11.7. The Labute approximate surface area is 110 Å². The van der Waals surface area contributed by atoms with Crippen molar-refractivity contribution in [3.63, 3.8) is 0 Å². The summed E-state index contributed by atoms with van der Waals surface area (Å²) in [6, 6.07) is 3.51. The van der Waals surface area contributed by atoms with E-state index < -0.39 is 0 Å².